The Morgan fingerprint density at radius 1 is 1.24 bits per heavy atom. The Balaban J connectivity index is 2.34. The molecule has 1 N–H and O–H groups in total. The first-order valence-corrected chi connectivity index (χ1v) is 7.18. The van der Waals surface area contributed by atoms with Crippen LogP contribution in [0.15, 0.2) is 16.6 Å². The maximum absolute atomic E-state index is 6.03. The molecule has 0 aromatic heterocycles. The highest BCUT2D eigenvalue weighted by Gasteiger charge is 2.06. The number of nitrogens with one attached hydrogen (secondary N) is 1. The quantitative estimate of drug-likeness (QED) is 0.581. The molecular weight excluding hydrogens is 325 g/mol. The van der Waals surface area contributed by atoms with Crippen LogP contribution in [0, 0.1) is 0 Å². The molecule has 0 fully saturated rings. The third-order valence-corrected chi connectivity index (χ3v) is 3.71. The number of hydrogen-bond acceptors (Lipinski definition) is 2. The molecule has 0 saturated carbocycles. The van der Waals surface area contributed by atoms with Gasteiger partial charge in [-0.15, -0.1) is 0 Å². The van der Waals surface area contributed by atoms with Gasteiger partial charge in [0.2, 0.25) is 0 Å². The van der Waals surface area contributed by atoms with Crippen LogP contribution in [0.4, 0.5) is 0 Å². The van der Waals surface area contributed by atoms with Gasteiger partial charge in [-0.2, -0.15) is 0 Å². The van der Waals surface area contributed by atoms with E-state index in [1.165, 1.54) is 12.8 Å². The maximum atomic E-state index is 6.03. The monoisotopic (exact) mass is 339 g/mol. The number of unbranched alkanes of at least 4 members (excludes halogenated alkanes) is 1. The standard InChI is InChI=1S/C12H16BrCl2NO/c1-2-3-4-16-5-6-17-12-8-10(14)9(13)7-11(12)15/h7-8,16H,2-6H2,1H3. The lowest BCUT2D eigenvalue weighted by Crippen LogP contribution is -2.22. The van der Waals surface area contributed by atoms with Gasteiger partial charge in [0.25, 0.3) is 0 Å². The van der Waals surface area contributed by atoms with Crippen LogP contribution < -0.4 is 10.1 Å². The lowest BCUT2D eigenvalue weighted by atomic mass is 10.3. The van der Waals surface area contributed by atoms with E-state index in [4.69, 9.17) is 27.9 Å². The van der Waals surface area contributed by atoms with Crippen molar-refractivity contribution in [1.82, 2.24) is 5.32 Å². The minimum atomic E-state index is 0.565. The van der Waals surface area contributed by atoms with E-state index in [2.05, 4.69) is 28.2 Å². The first-order chi connectivity index (χ1) is 8.15. The molecule has 0 atom stereocenters. The van der Waals surface area contributed by atoms with E-state index in [-0.39, 0.29) is 0 Å². The molecule has 0 unspecified atom stereocenters. The van der Waals surface area contributed by atoms with Crippen LogP contribution >= 0.6 is 39.1 Å². The zero-order valence-corrected chi connectivity index (χ0v) is 12.8. The van der Waals surface area contributed by atoms with Crippen LogP contribution in [0.5, 0.6) is 5.75 Å². The second-order valence-corrected chi connectivity index (χ2v) is 5.32. The highest BCUT2D eigenvalue weighted by atomic mass is 79.9. The van der Waals surface area contributed by atoms with Crippen LogP contribution in [0.1, 0.15) is 19.8 Å². The molecule has 2 nitrogen and oxygen atoms in total. The lowest BCUT2D eigenvalue weighted by Gasteiger charge is -2.10. The smallest absolute Gasteiger partial charge is 0.139 e. The van der Waals surface area contributed by atoms with Crippen molar-refractivity contribution in [2.75, 3.05) is 19.7 Å². The summed E-state index contributed by atoms with van der Waals surface area (Å²) in [7, 11) is 0. The normalized spacial score (nSPS) is 10.6. The summed E-state index contributed by atoms with van der Waals surface area (Å²) in [5.41, 5.74) is 0. The molecule has 0 aliphatic carbocycles. The third-order valence-electron chi connectivity index (χ3n) is 2.22. The first-order valence-electron chi connectivity index (χ1n) is 5.63. The van der Waals surface area contributed by atoms with Crippen LogP contribution in [-0.2, 0) is 0 Å². The fourth-order valence-corrected chi connectivity index (χ4v) is 2.12. The molecule has 5 heteroatoms. The van der Waals surface area contributed by atoms with E-state index in [1.54, 1.807) is 12.1 Å². The molecular formula is C12H16BrCl2NO. The van der Waals surface area contributed by atoms with Gasteiger partial charge in [-0.1, -0.05) is 36.5 Å². The van der Waals surface area contributed by atoms with Crippen LogP contribution in [0.25, 0.3) is 0 Å². The van der Waals surface area contributed by atoms with Crippen molar-refractivity contribution >= 4 is 39.1 Å². The van der Waals surface area contributed by atoms with E-state index in [9.17, 15) is 0 Å². The molecule has 1 rings (SSSR count). The molecule has 1 aromatic carbocycles. The van der Waals surface area contributed by atoms with Crippen LogP contribution in [0.3, 0.4) is 0 Å². The van der Waals surface area contributed by atoms with Gasteiger partial charge in [0.15, 0.2) is 0 Å². The number of benzene rings is 1. The van der Waals surface area contributed by atoms with Gasteiger partial charge in [0.1, 0.15) is 12.4 Å². The zero-order valence-electron chi connectivity index (χ0n) is 9.73. The Labute approximate surface area is 121 Å². The van der Waals surface area contributed by atoms with Crippen molar-refractivity contribution < 1.29 is 4.74 Å². The van der Waals surface area contributed by atoms with Crippen molar-refractivity contribution in [2.24, 2.45) is 0 Å². The van der Waals surface area contributed by atoms with Crippen LogP contribution in [0.2, 0.25) is 10.0 Å². The Morgan fingerprint density at radius 2 is 2.00 bits per heavy atom. The minimum Gasteiger partial charge on any atom is -0.491 e. The molecule has 96 valence electrons. The third kappa shape index (κ3) is 5.47. The average molecular weight is 341 g/mol. The van der Waals surface area contributed by atoms with Crippen molar-refractivity contribution in [1.29, 1.82) is 0 Å². The van der Waals surface area contributed by atoms with Gasteiger partial charge in [0, 0.05) is 17.1 Å². The van der Waals surface area contributed by atoms with Gasteiger partial charge in [-0.3, -0.25) is 0 Å². The van der Waals surface area contributed by atoms with E-state index < -0.39 is 0 Å². The Bertz CT molecular complexity index is 361. The predicted octanol–water partition coefficient (Wildman–Crippen LogP) is 4.52. The SMILES string of the molecule is CCCCNCCOc1cc(Cl)c(Br)cc1Cl. The van der Waals surface area contributed by atoms with Gasteiger partial charge in [-0.05, 0) is 35.0 Å². The maximum Gasteiger partial charge on any atom is 0.139 e. The molecule has 1 aromatic rings. The Kier molecular flexibility index (Phi) is 7.28. The summed E-state index contributed by atoms with van der Waals surface area (Å²) >= 11 is 15.3. The van der Waals surface area contributed by atoms with Gasteiger partial charge >= 0.3 is 0 Å². The van der Waals surface area contributed by atoms with Crippen LogP contribution in [-0.4, -0.2) is 19.7 Å². The molecule has 0 amide bonds. The van der Waals surface area contributed by atoms with Crippen molar-refractivity contribution in [3.8, 4) is 5.75 Å². The molecule has 17 heavy (non-hydrogen) atoms. The van der Waals surface area contributed by atoms with E-state index in [0.29, 0.717) is 22.4 Å². The Morgan fingerprint density at radius 3 is 2.71 bits per heavy atom. The summed E-state index contributed by atoms with van der Waals surface area (Å²) in [6, 6.07) is 3.46. The number of halogens is 3. The van der Waals surface area contributed by atoms with E-state index >= 15 is 0 Å². The second kappa shape index (κ2) is 8.20. The lowest BCUT2D eigenvalue weighted by molar-refractivity contribution is 0.314. The highest BCUT2D eigenvalue weighted by Crippen LogP contribution is 2.33. The number of ether oxygens (including phenoxy) is 1. The molecule has 0 heterocycles. The molecule has 0 aliphatic rings. The average Bonchev–Trinajstić information content (AvgIpc) is 2.30. The largest absolute Gasteiger partial charge is 0.491 e. The molecule has 0 bridgehead atoms. The highest BCUT2D eigenvalue weighted by molar-refractivity contribution is 9.10. The summed E-state index contributed by atoms with van der Waals surface area (Å²) in [4.78, 5) is 0. The topological polar surface area (TPSA) is 21.3 Å². The van der Waals surface area contributed by atoms with E-state index in [0.717, 1.165) is 17.6 Å². The summed E-state index contributed by atoms with van der Waals surface area (Å²) in [6.45, 7) is 4.59. The first kappa shape index (κ1) is 15.1. The van der Waals surface area contributed by atoms with E-state index in [1.807, 2.05) is 0 Å². The van der Waals surface area contributed by atoms with Gasteiger partial charge < -0.3 is 10.1 Å². The van der Waals surface area contributed by atoms with Gasteiger partial charge in [-0.25, -0.2) is 0 Å². The fourth-order valence-electron chi connectivity index (χ4n) is 1.27. The van der Waals surface area contributed by atoms with Crippen molar-refractivity contribution in [2.45, 2.75) is 19.8 Å². The molecule has 0 aliphatic heterocycles. The molecule has 0 spiro atoms. The minimum absolute atomic E-state index is 0.565. The van der Waals surface area contributed by atoms with Gasteiger partial charge in [0.05, 0.1) is 10.0 Å². The summed E-state index contributed by atoms with van der Waals surface area (Å²) in [5.74, 6) is 0.622. The van der Waals surface area contributed by atoms with Crippen molar-refractivity contribution in [3.05, 3.63) is 26.7 Å². The Hall–Kier alpha value is 0.0400. The number of rotatable bonds is 7. The summed E-state index contributed by atoms with van der Waals surface area (Å²) in [6.07, 6.45) is 2.38. The van der Waals surface area contributed by atoms with Crippen molar-refractivity contribution in [3.63, 3.8) is 0 Å². The number of hydrogen-bond donors (Lipinski definition) is 1. The molecule has 0 saturated heterocycles. The summed E-state index contributed by atoms with van der Waals surface area (Å²) in [5, 5.41) is 4.46. The predicted molar refractivity (Wildman–Crippen MR) is 77.4 cm³/mol. The zero-order chi connectivity index (χ0) is 12.7. The summed E-state index contributed by atoms with van der Waals surface area (Å²) < 4.78 is 6.33. The molecule has 0 radical (unpaired) electrons. The fraction of sp³-hybridized carbons (Fsp3) is 0.500. The second-order valence-electron chi connectivity index (χ2n) is 3.65.